The molecule has 0 N–H and O–H groups in total. The van der Waals surface area contributed by atoms with Gasteiger partial charge in [-0.15, -0.1) is 11.8 Å². The summed E-state index contributed by atoms with van der Waals surface area (Å²) in [6, 6.07) is 1.69. The van der Waals surface area contributed by atoms with Crippen LogP contribution in [-0.2, 0) is 9.53 Å². The summed E-state index contributed by atoms with van der Waals surface area (Å²) >= 11 is 7.30. The maximum Gasteiger partial charge on any atom is 0.306 e. The molecule has 90 valence electrons. The zero-order valence-electron chi connectivity index (χ0n) is 8.96. The summed E-state index contributed by atoms with van der Waals surface area (Å²) in [4.78, 5) is 18.9. The second kappa shape index (κ2) is 5.33. The van der Waals surface area contributed by atoms with E-state index in [1.165, 1.54) is 25.2 Å². The Labute approximate surface area is 106 Å². The number of nitrogens with zero attached hydrogens (tertiary/aromatic N) is 4. The highest BCUT2D eigenvalue weighted by atomic mass is 35.5. The van der Waals surface area contributed by atoms with Crippen LogP contribution in [-0.4, -0.2) is 38.4 Å². The molecule has 0 fully saturated rings. The molecule has 0 atom stereocenters. The molecule has 0 saturated heterocycles. The highest BCUT2D eigenvalue weighted by molar-refractivity contribution is 7.99. The molecular weight excluding hydrogens is 264 g/mol. The normalized spacial score (nSPS) is 10.7. The first-order chi connectivity index (χ1) is 8.20. The lowest BCUT2D eigenvalue weighted by molar-refractivity contribution is -0.140. The third-order valence-corrected chi connectivity index (χ3v) is 3.16. The van der Waals surface area contributed by atoms with Gasteiger partial charge < -0.3 is 4.74 Å². The number of ether oxygens (including phenoxy) is 1. The molecule has 0 aliphatic rings. The predicted molar refractivity (Wildman–Crippen MR) is 63.1 cm³/mol. The van der Waals surface area contributed by atoms with Gasteiger partial charge in [0.2, 0.25) is 0 Å². The van der Waals surface area contributed by atoms with E-state index in [0.29, 0.717) is 23.1 Å². The SMILES string of the molecule is COC(=O)CCSc1cc(Cl)nc2ncnn12. The van der Waals surface area contributed by atoms with E-state index in [1.807, 2.05) is 0 Å². The second-order valence-electron chi connectivity index (χ2n) is 3.06. The van der Waals surface area contributed by atoms with E-state index in [0.717, 1.165) is 5.03 Å². The summed E-state index contributed by atoms with van der Waals surface area (Å²) in [5.74, 6) is 0.785. The second-order valence-corrected chi connectivity index (χ2v) is 4.57. The summed E-state index contributed by atoms with van der Waals surface area (Å²) in [7, 11) is 1.37. The van der Waals surface area contributed by atoms with Crippen molar-refractivity contribution in [3.05, 3.63) is 17.5 Å². The molecule has 2 aromatic heterocycles. The number of halogens is 1. The van der Waals surface area contributed by atoms with Crippen LogP contribution < -0.4 is 0 Å². The highest BCUT2D eigenvalue weighted by Crippen LogP contribution is 2.21. The summed E-state index contributed by atoms with van der Waals surface area (Å²) < 4.78 is 6.14. The van der Waals surface area contributed by atoms with E-state index < -0.39 is 0 Å². The molecule has 0 bridgehead atoms. The third-order valence-electron chi connectivity index (χ3n) is 1.97. The van der Waals surface area contributed by atoms with Gasteiger partial charge >= 0.3 is 5.97 Å². The first kappa shape index (κ1) is 12.1. The molecule has 0 aliphatic heterocycles. The van der Waals surface area contributed by atoms with Gasteiger partial charge in [0, 0.05) is 11.8 Å². The third kappa shape index (κ3) is 2.86. The number of thioether (sulfide) groups is 1. The minimum atomic E-state index is -0.243. The van der Waals surface area contributed by atoms with Crippen molar-refractivity contribution in [3.8, 4) is 0 Å². The van der Waals surface area contributed by atoms with Crippen LogP contribution in [0.5, 0.6) is 0 Å². The van der Waals surface area contributed by atoms with Crippen molar-refractivity contribution in [2.75, 3.05) is 12.9 Å². The number of fused-ring (bicyclic) bond motifs is 1. The molecule has 0 saturated carbocycles. The largest absolute Gasteiger partial charge is 0.469 e. The summed E-state index contributed by atoms with van der Waals surface area (Å²) in [5, 5.41) is 5.17. The maximum absolute atomic E-state index is 11.0. The quantitative estimate of drug-likeness (QED) is 0.476. The Morgan fingerprint density at radius 2 is 2.47 bits per heavy atom. The van der Waals surface area contributed by atoms with E-state index in [2.05, 4.69) is 19.8 Å². The molecule has 8 heteroatoms. The molecule has 0 aromatic carbocycles. The number of hydrogen-bond donors (Lipinski definition) is 0. The number of carbonyl (C=O) groups is 1. The molecule has 0 spiro atoms. The lowest BCUT2D eigenvalue weighted by atomic mass is 10.5. The molecule has 0 radical (unpaired) electrons. The smallest absolute Gasteiger partial charge is 0.306 e. The summed E-state index contributed by atoms with van der Waals surface area (Å²) in [5.41, 5.74) is 0. The van der Waals surface area contributed by atoms with Crippen LogP contribution in [0, 0.1) is 0 Å². The molecule has 0 unspecified atom stereocenters. The van der Waals surface area contributed by atoms with Crippen molar-refractivity contribution in [2.45, 2.75) is 11.4 Å². The summed E-state index contributed by atoms with van der Waals surface area (Å²) in [6.07, 6.45) is 1.74. The molecule has 17 heavy (non-hydrogen) atoms. The van der Waals surface area contributed by atoms with Crippen molar-refractivity contribution >= 4 is 35.1 Å². The van der Waals surface area contributed by atoms with Crippen molar-refractivity contribution in [3.63, 3.8) is 0 Å². The molecule has 2 rings (SSSR count). The minimum Gasteiger partial charge on any atom is -0.469 e. The number of rotatable bonds is 4. The van der Waals surface area contributed by atoms with Crippen LogP contribution in [0.4, 0.5) is 0 Å². The maximum atomic E-state index is 11.0. The predicted octanol–water partition coefficient (Wildman–Crippen LogP) is 1.43. The molecule has 0 aliphatic carbocycles. The Morgan fingerprint density at radius 1 is 1.65 bits per heavy atom. The van der Waals surface area contributed by atoms with Crippen LogP contribution >= 0.6 is 23.4 Å². The highest BCUT2D eigenvalue weighted by Gasteiger charge is 2.08. The van der Waals surface area contributed by atoms with Gasteiger partial charge in [0.1, 0.15) is 16.5 Å². The molecule has 6 nitrogen and oxygen atoms in total. The Kier molecular flexibility index (Phi) is 3.80. The zero-order chi connectivity index (χ0) is 12.3. The van der Waals surface area contributed by atoms with Crippen LogP contribution in [0.25, 0.3) is 5.78 Å². The van der Waals surface area contributed by atoms with E-state index in [9.17, 15) is 4.79 Å². The Morgan fingerprint density at radius 3 is 3.24 bits per heavy atom. The first-order valence-corrected chi connectivity index (χ1v) is 6.13. The van der Waals surface area contributed by atoms with Crippen LogP contribution in [0.1, 0.15) is 6.42 Å². The van der Waals surface area contributed by atoms with Gasteiger partial charge in [-0.2, -0.15) is 19.6 Å². The fourth-order valence-corrected chi connectivity index (χ4v) is 2.37. The average molecular weight is 273 g/mol. The number of carbonyl (C=O) groups excluding carboxylic acids is 1. The van der Waals surface area contributed by atoms with Crippen LogP contribution in [0.3, 0.4) is 0 Å². The van der Waals surface area contributed by atoms with Gasteiger partial charge in [0.15, 0.2) is 0 Å². The van der Waals surface area contributed by atoms with E-state index >= 15 is 0 Å². The van der Waals surface area contributed by atoms with E-state index in [1.54, 1.807) is 10.6 Å². The number of hydrogen-bond acceptors (Lipinski definition) is 6. The van der Waals surface area contributed by atoms with Crippen LogP contribution in [0.15, 0.2) is 17.4 Å². The van der Waals surface area contributed by atoms with E-state index in [4.69, 9.17) is 11.6 Å². The number of esters is 1. The van der Waals surface area contributed by atoms with Crippen molar-refractivity contribution < 1.29 is 9.53 Å². The summed E-state index contributed by atoms with van der Waals surface area (Å²) in [6.45, 7) is 0. The van der Waals surface area contributed by atoms with Crippen molar-refractivity contribution in [1.82, 2.24) is 19.6 Å². The fourth-order valence-electron chi connectivity index (χ4n) is 1.20. The standard InChI is InChI=1S/C9H9ClN4O2S/c1-16-8(15)2-3-17-7-4-6(10)13-9-11-5-12-14(7)9/h4-5H,2-3H2,1H3. The zero-order valence-corrected chi connectivity index (χ0v) is 10.5. The molecule has 2 heterocycles. The Hall–Kier alpha value is -1.34. The topological polar surface area (TPSA) is 69.4 Å². The molecule has 0 amide bonds. The van der Waals surface area contributed by atoms with Crippen molar-refractivity contribution in [2.24, 2.45) is 0 Å². The van der Waals surface area contributed by atoms with Gasteiger partial charge in [-0.1, -0.05) is 11.6 Å². The van der Waals surface area contributed by atoms with Gasteiger partial charge in [-0.3, -0.25) is 4.79 Å². The van der Waals surface area contributed by atoms with Gasteiger partial charge in [-0.25, -0.2) is 0 Å². The lowest BCUT2D eigenvalue weighted by Gasteiger charge is -2.03. The number of aromatic nitrogens is 4. The number of methoxy groups -OCH3 is 1. The minimum absolute atomic E-state index is 0.243. The Bertz CT molecular complexity index is 545. The molecule has 2 aromatic rings. The molecular formula is C9H9ClN4O2S. The monoisotopic (exact) mass is 272 g/mol. The lowest BCUT2D eigenvalue weighted by Crippen LogP contribution is -2.02. The van der Waals surface area contributed by atoms with Gasteiger partial charge in [0.25, 0.3) is 5.78 Å². The Balaban J connectivity index is 2.12. The average Bonchev–Trinajstić information content (AvgIpc) is 2.76. The first-order valence-electron chi connectivity index (χ1n) is 4.76. The van der Waals surface area contributed by atoms with E-state index in [-0.39, 0.29) is 5.97 Å². The van der Waals surface area contributed by atoms with Crippen molar-refractivity contribution in [1.29, 1.82) is 0 Å². The fraction of sp³-hybridized carbons (Fsp3) is 0.333. The van der Waals surface area contributed by atoms with Gasteiger partial charge in [0.05, 0.1) is 13.5 Å². The van der Waals surface area contributed by atoms with Crippen LogP contribution in [0.2, 0.25) is 5.15 Å². The van der Waals surface area contributed by atoms with Gasteiger partial charge in [-0.05, 0) is 0 Å².